The van der Waals surface area contributed by atoms with Gasteiger partial charge in [0.05, 0.1) is 28.0 Å². The van der Waals surface area contributed by atoms with Gasteiger partial charge in [-0.05, 0) is 92.7 Å². The fourth-order valence-corrected chi connectivity index (χ4v) is 5.32. The molecule has 190 valence electrons. The molecule has 0 spiro atoms. The molecule has 2 fully saturated rings. The molecule has 2 aliphatic rings. The summed E-state index contributed by atoms with van der Waals surface area (Å²) in [7, 11) is -4.37. The third-order valence-corrected chi connectivity index (χ3v) is 8.30. The molecule has 2 saturated heterocycles. The minimum absolute atomic E-state index is 0.444. The lowest BCUT2D eigenvalue weighted by molar-refractivity contribution is -0.137. The maximum Gasteiger partial charge on any atom is 0.493 e. The molecule has 0 atom stereocenters. The molecule has 1 aromatic rings. The molecular weight excluding hydrogens is 463 g/mol. The SMILES string of the molecule is CC1(C)OB(C(O[Si](C)(C)C)(B2OC(C)(C)C(C)(C)O2)c2ccc(C(F)(F)F)cc2)OC1(C)C. The van der Waals surface area contributed by atoms with Crippen molar-refractivity contribution in [1.82, 2.24) is 0 Å². The van der Waals surface area contributed by atoms with E-state index >= 15 is 0 Å². The Balaban J connectivity index is 2.26. The van der Waals surface area contributed by atoms with Crippen molar-refractivity contribution in [3.8, 4) is 0 Å². The van der Waals surface area contributed by atoms with Gasteiger partial charge in [0.15, 0.2) is 13.7 Å². The lowest BCUT2D eigenvalue weighted by Gasteiger charge is -2.41. The predicted octanol–water partition coefficient (Wildman–Crippen LogP) is 6.02. The highest BCUT2D eigenvalue weighted by atomic mass is 28.4. The molecule has 34 heavy (non-hydrogen) atoms. The first-order chi connectivity index (χ1) is 15.0. The average molecular weight is 500 g/mol. The van der Waals surface area contributed by atoms with Crippen molar-refractivity contribution in [2.24, 2.45) is 0 Å². The maximum absolute atomic E-state index is 13.4. The van der Waals surface area contributed by atoms with Crippen molar-refractivity contribution in [1.29, 1.82) is 0 Å². The Morgan fingerprint density at radius 1 is 0.647 bits per heavy atom. The molecule has 0 radical (unpaired) electrons. The first-order valence-electron chi connectivity index (χ1n) is 11.6. The van der Waals surface area contributed by atoms with E-state index in [1.54, 1.807) is 0 Å². The van der Waals surface area contributed by atoms with Crippen LogP contribution in [-0.4, -0.2) is 45.0 Å². The second-order valence-electron chi connectivity index (χ2n) is 12.3. The first-order valence-corrected chi connectivity index (χ1v) is 15.0. The van der Waals surface area contributed by atoms with Crippen LogP contribution < -0.4 is 0 Å². The maximum atomic E-state index is 13.4. The molecule has 0 aliphatic carbocycles. The number of halogens is 3. The average Bonchev–Trinajstić information content (AvgIpc) is 2.98. The molecule has 0 unspecified atom stereocenters. The van der Waals surface area contributed by atoms with Crippen molar-refractivity contribution in [2.75, 3.05) is 0 Å². The smallest absolute Gasteiger partial charge is 0.412 e. The van der Waals surface area contributed by atoms with E-state index in [2.05, 4.69) is 0 Å². The predicted molar refractivity (Wildman–Crippen MR) is 130 cm³/mol. The number of benzene rings is 1. The number of rotatable bonds is 5. The van der Waals surface area contributed by atoms with Gasteiger partial charge in [-0.2, -0.15) is 13.2 Å². The van der Waals surface area contributed by atoms with Crippen molar-refractivity contribution in [3.05, 3.63) is 35.4 Å². The van der Waals surface area contributed by atoms with Gasteiger partial charge in [-0.1, -0.05) is 12.1 Å². The Morgan fingerprint density at radius 2 is 0.941 bits per heavy atom. The highest BCUT2D eigenvalue weighted by Gasteiger charge is 2.72. The van der Waals surface area contributed by atoms with E-state index in [1.165, 1.54) is 12.1 Å². The zero-order chi connectivity index (χ0) is 26.2. The summed E-state index contributed by atoms with van der Waals surface area (Å²) in [4.78, 5) is 0. The molecule has 2 heterocycles. The molecule has 5 nitrogen and oxygen atoms in total. The Labute approximate surface area is 203 Å². The summed E-state index contributed by atoms with van der Waals surface area (Å²) in [5.41, 5.74) is -3.13. The summed E-state index contributed by atoms with van der Waals surface area (Å²) in [6.07, 6.45) is -4.46. The van der Waals surface area contributed by atoms with Crippen molar-refractivity contribution in [2.45, 2.75) is 109 Å². The third kappa shape index (κ3) is 4.76. The summed E-state index contributed by atoms with van der Waals surface area (Å²) in [6, 6.07) is 4.93. The molecule has 2 aliphatic heterocycles. The number of hydrogen-bond donors (Lipinski definition) is 0. The van der Waals surface area contributed by atoms with Crippen LogP contribution in [0.15, 0.2) is 24.3 Å². The van der Waals surface area contributed by atoms with E-state index in [1.807, 2.05) is 75.0 Å². The molecule has 0 bridgehead atoms. The molecule has 0 saturated carbocycles. The van der Waals surface area contributed by atoms with Crippen LogP contribution in [-0.2, 0) is 34.6 Å². The van der Waals surface area contributed by atoms with Crippen LogP contribution in [0.3, 0.4) is 0 Å². The Bertz CT molecular complexity index is 843. The van der Waals surface area contributed by atoms with Crippen molar-refractivity contribution in [3.63, 3.8) is 0 Å². The highest BCUT2D eigenvalue weighted by Crippen LogP contribution is 2.51. The van der Waals surface area contributed by atoms with E-state index in [0.717, 1.165) is 12.1 Å². The topological polar surface area (TPSA) is 46.2 Å². The number of hydrogen-bond acceptors (Lipinski definition) is 5. The van der Waals surface area contributed by atoms with Gasteiger partial charge in [0, 0.05) is 0 Å². The molecule has 0 amide bonds. The van der Waals surface area contributed by atoms with Crippen LogP contribution in [0.1, 0.15) is 66.5 Å². The summed E-state index contributed by atoms with van der Waals surface area (Å²) in [6.45, 7) is 21.4. The minimum Gasteiger partial charge on any atom is -0.412 e. The van der Waals surface area contributed by atoms with E-state index < -0.39 is 62.1 Å². The number of alkyl halides is 3. The Morgan fingerprint density at radius 3 is 1.21 bits per heavy atom. The van der Waals surface area contributed by atoms with Gasteiger partial charge < -0.3 is 23.0 Å². The summed E-state index contributed by atoms with van der Waals surface area (Å²) in [5.74, 6) is 0. The Kier molecular flexibility index (Phi) is 6.59. The minimum atomic E-state index is -4.46. The fraction of sp³-hybridized carbons (Fsp3) is 0.739. The summed E-state index contributed by atoms with van der Waals surface area (Å²) in [5, 5.41) is -1.47. The molecule has 1 aromatic carbocycles. The van der Waals surface area contributed by atoms with Crippen LogP contribution in [0.5, 0.6) is 0 Å². The lowest BCUT2D eigenvalue weighted by atomic mass is 9.44. The molecule has 0 N–H and O–H groups in total. The second kappa shape index (κ2) is 8.08. The summed E-state index contributed by atoms with van der Waals surface area (Å²) >= 11 is 0. The van der Waals surface area contributed by atoms with E-state index in [0.29, 0.717) is 5.56 Å². The van der Waals surface area contributed by atoms with Gasteiger partial charge in [0.1, 0.15) is 0 Å². The normalized spacial score (nSPS) is 24.1. The van der Waals surface area contributed by atoms with Crippen molar-refractivity contribution >= 4 is 22.6 Å². The molecule has 0 aromatic heterocycles. The van der Waals surface area contributed by atoms with E-state index in [-0.39, 0.29) is 0 Å². The van der Waals surface area contributed by atoms with Gasteiger partial charge >= 0.3 is 20.4 Å². The van der Waals surface area contributed by atoms with Crippen LogP contribution >= 0.6 is 0 Å². The largest absolute Gasteiger partial charge is 0.493 e. The Hall–Kier alpha value is -0.843. The van der Waals surface area contributed by atoms with Crippen LogP contribution in [0.2, 0.25) is 19.6 Å². The molecule has 11 heteroatoms. The van der Waals surface area contributed by atoms with E-state index in [9.17, 15) is 13.2 Å². The summed E-state index contributed by atoms with van der Waals surface area (Å²) < 4.78 is 72.8. The zero-order valence-electron chi connectivity index (χ0n) is 22.1. The van der Waals surface area contributed by atoms with Crippen molar-refractivity contribution < 1.29 is 36.2 Å². The third-order valence-electron chi connectivity index (χ3n) is 7.35. The van der Waals surface area contributed by atoms with Gasteiger partial charge in [0.25, 0.3) is 0 Å². The fourth-order valence-electron chi connectivity index (χ4n) is 4.00. The van der Waals surface area contributed by atoms with Crippen LogP contribution in [0.4, 0.5) is 13.2 Å². The molecular formula is C23H37B2F3O5Si. The highest BCUT2D eigenvalue weighted by molar-refractivity contribution is 6.76. The van der Waals surface area contributed by atoms with E-state index in [4.69, 9.17) is 23.0 Å². The van der Waals surface area contributed by atoms with Crippen LogP contribution in [0, 0.1) is 0 Å². The lowest BCUT2D eigenvalue weighted by Crippen LogP contribution is -2.63. The monoisotopic (exact) mass is 500 g/mol. The molecule has 3 rings (SSSR count). The first kappa shape index (κ1) is 27.7. The quantitative estimate of drug-likeness (QED) is 0.464. The van der Waals surface area contributed by atoms with Gasteiger partial charge in [-0.3, -0.25) is 0 Å². The van der Waals surface area contributed by atoms with Crippen LogP contribution in [0.25, 0.3) is 0 Å². The van der Waals surface area contributed by atoms with Gasteiger partial charge in [-0.15, -0.1) is 0 Å². The standard InChI is InChI=1S/C23H37B2F3O5Si/c1-18(2)19(3,4)30-24(29-18)22(33-34(9,10)11,25-31-20(5,6)21(7,8)32-25)16-12-14-17(15-13-16)23(26,27)28/h12-15H,1-11H3. The zero-order valence-corrected chi connectivity index (χ0v) is 23.1. The van der Waals surface area contributed by atoms with Gasteiger partial charge in [-0.25, -0.2) is 0 Å². The van der Waals surface area contributed by atoms with Gasteiger partial charge in [0.2, 0.25) is 0 Å². The second-order valence-corrected chi connectivity index (χ2v) is 16.7.